The molecule has 0 fully saturated rings. The zero-order chi connectivity index (χ0) is 21.4. The van der Waals surface area contributed by atoms with Crippen molar-refractivity contribution < 1.29 is 27.5 Å². The topological polar surface area (TPSA) is 125 Å². The van der Waals surface area contributed by atoms with Crippen molar-refractivity contribution >= 4 is 27.6 Å². The van der Waals surface area contributed by atoms with E-state index in [1.54, 1.807) is 0 Å². The van der Waals surface area contributed by atoms with Crippen LogP contribution in [0.25, 0.3) is 0 Å². The highest BCUT2D eigenvalue weighted by molar-refractivity contribution is 7.89. The maximum Gasteiger partial charge on any atom is 0.306 e. The largest absolute Gasteiger partial charge is 0.494 e. The molecular weight excluding hydrogens is 396 g/mol. The molecule has 0 spiro atoms. The number of rotatable bonds is 9. The summed E-state index contributed by atoms with van der Waals surface area (Å²) in [5.74, 6) is -0.312. The smallest absolute Gasteiger partial charge is 0.306 e. The van der Waals surface area contributed by atoms with Crippen LogP contribution in [0, 0.1) is 6.92 Å². The molecule has 0 heterocycles. The number of nitrogens with two attached hydrogens (primary N) is 1. The number of ether oxygens (including phenoxy) is 2. The maximum atomic E-state index is 12.1. The summed E-state index contributed by atoms with van der Waals surface area (Å²) >= 11 is 0. The van der Waals surface area contributed by atoms with E-state index in [-0.39, 0.29) is 11.3 Å². The fourth-order valence-corrected chi connectivity index (χ4v) is 2.84. The Hall–Kier alpha value is -2.91. The van der Waals surface area contributed by atoms with Gasteiger partial charge in [-0.15, -0.1) is 0 Å². The van der Waals surface area contributed by atoms with Crippen LogP contribution in [-0.2, 0) is 24.3 Å². The molecule has 0 bridgehead atoms. The summed E-state index contributed by atoms with van der Waals surface area (Å²) in [6.45, 7) is 3.79. The molecule has 2 rings (SSSR count). The number of esters is 1. The Bertz CT molecular complexity index is 940. The number of anilines is 1. The van der Waals surface area contributed by atoms with Gasteiger partial charge in [0.1, 0.15) is 5.75 Å². The highest BCUT2D eigenvalue weighted by atomic mass is 32.2. The molecule has 0 unspecified atom stereocenters. The van der Waals surface area contributed by atoms with Gasteiger partial charge >= 0.3 is 5.97 Å². The van der Waals surface area contributed by atoms with Gasteiger partial charge in [0.05, 0.1) is 11.5 Å². The summed E-state index contributed by atoms with van der Waals surface area (Å²) in [5, 5.41) is 7.56. The van der Waals surface area contributed by atoms with Crippen LogP contribution in [-0.4, -0.2) is 33.0 Å². The lowest BCUT2D eigenvalue weighted by molar-refractivity contribution is -0.153. The van der Waals surface area contributed by atoms with Gasteiger partial charge in [-0.25, -0.2) is 13.6 Å². The second-order valence-electron chi connectivity index (χ2n) is 6.46. The first-order chi connectivity index (χ1) is 13.6. The second kappa shape index (κ2) is 10.0. The van der Waals surface area contributed by atoms with Crippen molar-refractivity contribution in [2.24, 2.45) is 5.14 Å². The first-order valence-electron chi connectivity index (χ1n) is 8.98. The van der Waals surface area contributed by atoms with Crippen LogP contribution in [0.3, 0.4) is 0 Å². The van der Waals surface area contributed by atoms with Gasteiger partial charge in [-0.05, 0) is 56.7 Å². The number of amides is 1. The van der Waals surface area contributed by atoms with E-state index in [2.05, 4.69) is 5.32 Å². The van der Waals surface area contributed by atoms with Crippen molar-refractivity contribution in [2.75, 3.05) is 11.9 Å². The summed E-state index contributed by atoms with van der Waals surface area (Å²) in [6, 6.07) is 12.9. The molecule has 9 heteroatoms. The Balaban J connectivity index is 1.72. The fraction of sp³-hybridized carbons (Fsp3) is 0.300. The maximum absolute atomic E-state index is 12.1. The lowest BCUT2D eigenvalue weighted by Gasteiger charge is -2.14. The fourth-order valence-electron chi connectivity index (χ4n) is 2.32. The number of benzene rings is 2. The predicted molar refractivity (Wildman–Crippen MR) is 108 cm³/mol. The van der Waals surface area contributed by atoms with Gasteiger partial charge in [-0.2, -0.15) is 0 Å². The van der Waals surface area contributed by atoms with Gasteiger partial charge in [0, 0.05) is 12.1 Å². The number of nitrogens with one attached hydrogen (secondary N) is 1. The van der Waals surface area contributed by atoms with Crippen molar-refractivity contribution in [1.82, 2.24) is 0 Å². The quantitative estimate of drug-likeness (QED) is 0.474. The number of hydrogen-bond acceptors (Lipinski definition) is 6. The molecule has 0 aliphatic rings. The third-order valence-electron chi connectivity index (χ3n) is 3.94. The van der Waals surface area contributed by atoms with Crippen LogP contribution < -0.4 is 15.2 Å². The molecule has 1 atom stereocenters. The van der Waals surface area contributed by atoms with E-state index in [9.17, 15) is 18.0 Å². The molecule has 1 amide bonds. The Morgan fingerprint density at radius 2 is 1.69 bits per heavy atom. The van der Waals surface area contributed by atoms with E-state index < -0.39 is 28.0 Å². The number of carbonyl (C=O) groups excluding carboxylic acids is 2. The minimum absolute atomic E-state index is 0.0668. The Morgan fingerprint density at radius 1 is 1.07 bits per heavy atom. The average Bonchev–Trinajstić information content (AvgIpc) is 2.66. The van der Waals surface area contributed by atoms with Crippen molar-refractivity contribution in [3.05, 3.63) is 54.1 Å². The normalized spacial score (nSPS) is 12.1. The van der Waals surface area contributed by atoms with Gasteiger partial charge in [-0.1, -0.05) is 17.7 Å². The first-order valence-corrected chi connectivity index (χ1v) is 10.5. The molecule has 0 saturated carbocycles. The molecule has 2 aromatic carbocycles. The van der Waals surface area contributed by atoms with Crippen molar-refractivity contribution in [3.8, 4) is 5.75 Å². The van der Waals surface area contributed by atoms with Crippen LogP contribution in [0.2, 0.25) is 0 Å². The Kier molecular flexibility index (Phi) is 7.74. The van der Waals surface area contributed by atoms with Crippen molar-refractivity contribution in [1.29, 1.82) is 0 Å². The third kappa shape index (κ3) is 7.55. The average molecular weight is 420 g/mol. The lowest BCUT2D eigenvalue weighted by Crippen LogP contribution is -2.30. The summed E-state index contributed by atoms with van der Waals surface area (Å²) in [5.41, 5.74) is 1.49. The molecule has 3 N–H and O–H groups in total. The van der Waals surface area contributed by atoms with Gasteiger partial charge in [-0.3, -0.25) is 9.59 Å². The molecule has 0 saturated heterocycles. The zero-order valence-corrected chi connectivity index (χ0v) is 17.1. The van der Waals surface area contributed by atoms with Crippen LogP contribution in [0.4, 0.5) is 5.69 Å². The lowest BCUT2D eigenvalue weighted by atomic mass is 10.2. The first kappa shape index (κ1) is 22.4. The van der Waals surface area contributed by atoms with E-state index in [0.29, 0.717) is 18.7 Å². The number of hydrogen-bond donors (Lipinski definition) is 2. The summed E-state index contributed by atoms with van der Waals surface area (Å²) < 4.78 is 33.1. The van der Waals surface area contributed by atoms with E-state index in [0.717, 1.165) is 11.3 Å². The predicted octanol–water partition coefficient (Wildman–Crippen LogP) is 2.37. The van der Waals surface area contributed by atoms with E-state index in [1.165, 1.54) is 31.2 Å². The van der Waals surface area contributed by atoms with E-state index in [1.807, 2.05) is 31.2 Å². The minimum Gasteiger partial charge on any atom is -0.494 e. The van der Waals surface area contributed by atoms with Crippen LogP contribution in [0.5, 0.6) is 5.75 Å². The standard InChI is InChI=1S/C20H24N2O6S/c1-14-5-9-17(10-6-14)27-13-3-4-19(23)28-15(2)20(24)22-16-7-11-18(12-8-16)29(21,25)26/h5-12,15H,3-4,13H2,1-2H3,(H,22,24)(H2,21,25,26)/t15-/m0/s1. The molecule has 0 aromatic heterocycles. The number of primary sulfonamides is 1. The highest BCUT2D eigenvalue weighted by Gasteiger charge is 2.18. The van der Waals surface area contributed by atoms with Gasteiger partial charge in [0.2, 0.25) is 10.0 Å². The summed E-state index contributed by atoms with van der Waals surface area (Å²) in [4.78, 5) is 23.9. The second-order valence-corrected chi connectivity index (χ2v) is 8.02. The third-order valence-corrected chi connectivity index (χ3v) is 4.87. The number of aryl methyl sites for hydroxylation is 1. The van der Waals surface area contributed by atoms with E-state index in [4.69, 9.17) is 14.6 Å². The SMILES string of the molecule is Cc1ccc(OCCCC(=O)O[C@@H](C)C(=O)Nc2ccc(S(N)(=O)=O)cc2)cc1. The Labute approximate surface area is 170 Å². The van der Waals surface area contributed by atoms with Crippen molar-refractivity contribution in [2.45, 2.75) is 37.7 Å². The molecule has 0 aliphatic heterocycles. The zero-order valence-electron chi connectivity index (χ0n) is 16.3. The number of sulfonamides is 1. The van der Waals surface area contributed by atoms with Crippen molar-refractivity contribution in [3.63, 3.8) is 0 Å². The van der Waals surface area contributed by atoms with Gasteiger partial charge in [0.25, 0.3) is 5.91 Å². The molecule has 29 heavy (non-hydrogen) atoms. The van der Waals surface area contributed by atoms with Crippen LogP contribution >= 0.6 is 0 Å². The molecule has 8 nitrogen and oxygen atoms in total. The van der Waals surface area contributed by atoms with Gasteiger partial charge in [0.15, 0.2) is 6.10 Å². The van der Waals surface area contributed by atoms with Crippen LogP contribution in [0.15, 0.2) is 53.4 Å². The summed E-state index contributed by atoms with van der Waals surface area (Å²) in [7, 11) is -3.80. The number of carbonyl (C=O) groups is 2. The summed E-state index contributed by atoms with van der Waals surface area (Å²) in [6.07, 6.45) is -0.429. The molecule has 0 aliphatic carbocycles. The molecule has 0 radical (unpaired) electrons. The van der Waals surface area contributed by atoms with Crippen LogP contribution in [0.1, 0.15) is 25.3 Å². The van der Waals surface area contributed by atoms with E-state index >= 15 is 0 Å². The Morgan fingerprint density at radius 3 is 2.28 bits per heavy atom. The van der Waals surface area contributed by atoms with Gasteiger partial charge < -0.3 is 14.8 Å². The monoisotopic (exact) mass is 420 g/mol. The molecule has 156 valence electrons. The molecular formula is C20H24N2O6S. The highest BCUT2D eigenvalue weighted by Crippen LogP contribution is 2.14. The minimum atomic E-state index is -3.80. The molecule has 2 aromatic rings.